The number of ether oxygens (including phenoxy) is 1. The molecule has 0 aliphatic rings. The van der Waals surface area contributed by atoms with Crippen molar-refractivity contribution >= 4 is 29.5 Å². The number of rotatable bonds is 8. The highest BCUT2D eigenvalue weighted by atomic mass is 32.2. The Hall–Kier alpha value is -1.79. The zero-order chi connectivity index (χ0) is 31.1. The average molecular weight is 589 g/mol. The number of benzene rings is 2. The largest absolute Gasteiger partial charge is 0.507 e. The second-order valence-electron chi connectivity index (χ2n) is 15.1. The molecule has 0 saturated heterocycles. The van der Waals surface area contributed by atoms with Crippen LogP contribution in [0.3, 0.4) is 0 Å². The van der Waals surface area contributed by atoms with E-state index in [1.165, 1.54) is 6.92 Å². The van der Waals surface area contributed by atoms with E-state index in [0.29, 0.717) is 24.5 Å². The molecule has 0 aromatic heterocycles. The van der Waals surface area contributed by atoms with Crippen LogP contribution >= 0.6 is 23.5 Å². The van der Waals surface area contributed by atoms with Crippen LogP contribution in [0.5, 0.6) is 11.5 Å². The summed E-state index contributed by atoms with van der Waals surface area (Å²) < 4.78 is 5.00. The van der Waals surface area contributed by atoms with Crippen LogP contribution < -0.4 is 0 Å². The van der Waals surface area contributed by atoms with Crippen LogP contribution in [0.2, 0.25) is 0 Å². The number of aromatic hydroxyl groups is 2. The van der Waals surface area contributed by atoms with Gasteiger partial charge in [0.05, 0.1) is 10.7 Å². The number of phenols is 2. The summed E-state index contributed by atoms with van der Waals surface area (Å²) in [6.07, 6.45) is 0.606. The van der Waals surface area contributed by atoms with Crippen LogP contribution in [0.1, 0.15) is 126 Å². The summed E-state index contributed by atoms with van der Waals surface area (Å²) in [6, 6.07) is 8.49. The zero-order valence-electron chi connectivity index (χ0n) is 27.3. The van der Waals surface area contributed by atoms with Gasteiger partial charge in [0.1, 0.15) is 11.5 Å². The second-order valence-corrected chi connectivity index (χ2v) is 18.7. The summed E-state index contributed by atoms with van der Waals surface area (Å²) in [6.45, 7) is 29.5. The molecular weight excluding hydrogens is 537 g/mol. The Balaban J connectivity index is 2.56. The predicted octanol–water partition coefficient (Wildman–Crippen LogP) is 9.84. The molecule has 0 saturated carbocycles. The molecule has 0 spiro atoms. The zero-order valence-corrected chi connectivity index (χ0v) is 28.9. The second kappa shape index (κ2) is 11.8. The Morgan fingerprint density at radius 2 is 0.975 bits per heavy atom. The fourth-order valence-electron chi connectivity index (χ4n) is 4.74. The van der Waals surface area contributed by atoms with Crippen LogP contribution in [-0.2, 0) is 31.2 Å². The lowest BCUT2D eigenvalue weighted by Gasteiger charge is -2.32. The van der Waals surface area contributed by atoms with Crippen molar-refractivity contribution in [1.29, 1.82) is 0 Å². The van der Waals surface area contributed by atoms with Crippen molar-refractivity contribution in [1.82, 2.24) is 0 Å². The highest BCUT2D eigenvalue weighted by Crippen LogP contribution is 2.51. The van der Waals surface area contributed by atoms with Gasteiger partial charge >= 0.3 is 5.97 Å². The molecule has 0 atom stereocenters. The van der Waals surface area contributed by atoms with Crippen LogP contribution in [-0.4, -0.2) is 26.9 Å². The highest BCUT2D eigenvalue weighted by Gasteiger charge is 2.32. The summed E-state index contributed by atoms with van der Waals surface area (Å²) in [5, 5.41) is 22.6. The third-order valence-electron chi connectivity index (χ3n) is 7.08. The molecule has 0 bridgehead atoms. The molecule has 0 heterocycles. The summed E-state index contributed by atoms with van der Waals surface area (Å²) in [7, 11) is 0. The molecule has 4 nitrogen and oxygen atoms in total. The minimum Gasteiger partial charge on any atom is -0.507 e. The van der Waals surface area contributed by atoms with Crippen molar-refractivity contribution in [2.24, 2.45) is 0 Å². The molecule has 0 radical (unpaired) electrons. The van der Waals surface area contributed by atoms with E-state index in [-0.39, 0.29) is 26.3 Å². The van der Waals surface area contributed by atoms with E-state index < -0.39 is 5.41 Å². The van der Waals surface area contributed by atoms with Crippen LogP contribution in [0.15, 0.2) is 34.1 Å². The third-order valence-corrected chi connectivity index (χ3v) is 9.51. The molecule has 224 valence electrons. The summed E-state index contributed by atoms with van der Waals surface area (Å²) >= 11 is 3.56. The number of carbonyl (C=O) groups is 1. The molecule has 0 aliphatic heterocycles. The van der Waals surface area contributed by atoms with Gasteiger partial charge in [-0.05, 0) is 66.2 Å². The lowest BCUT2D eigenvalue weighted by Crippen LogP contribution is -2.23. The van der Waals surface area contributed by atoms with Gasteiger partial charge in [-0.25, -0.2) is 0 Å². The highest BCUT2D eigenvalue weighted by molar-refractivity contribution is 8.18. The van der Waals surface area contributed by atoms with E-state index in [2.05, 4.69) is 114 Å². The summed E-state index contributed by atoms with van der Waals surface area (Å²) in [5.74, 6) is 0.416. The maximum absolute atomic E-state index is 11.4. The topological polar surface area (TPSA) is 66.8 Å². The van der Waals surface area contributed by atoms with E-state index in [1.807, 2.05) is 0 Å². The van der Waals surface area contributed by atoms with Gasteiger partial charge in [-0.1, -0.05) is 76.2 Å². The van der Waals surface area contributed by atoms with Gasteiger partial charge in [0, 0.05) is 39.0 Å². The van der Waals surface area contributed by atoms with Crippen molar-refractivity contribution in [2.45, 2.75) is 139 Å². The maximum atomic E-state index is 11.4. The minimum absolute atomic E-state index is 0.191. The van der Waals surface area contributed by atoms with E-state index in [4.69, 9.17) is 4.74 Å². The molecule has 6 heteroatoms. The fourth-order valence-corrected chi connectivity index (χ4v) is 7.32. The summed E-state index contributed by atoms with van der Waals surface area (Å²) in [5.41, 5.74) is 2.66. The van der Waals surface area contributed by atoms with Gasteiger partial charge in [-0.2, -0.15) is 0 Å². The maximum Gasteiger partial charge on any atom is 0.302 e. The van der Waals surface area contributed by atoms with Crippen molar-refractivity contribution in [3.05, 3.63) is 46.5 Å². The molecule has 2 N–H and O–H groups in total. The van der Waals surface area contributed by atoms with Gasteiger partial charge in [-0.3, -0.25) is 4.79 Å². The first kappa shape index (κ1) is 34.4. The Morgan fingerprint density at radius 1 is 0.650 bits per heavy atom. The molecule has 0 fully saturated rings. The Labute approximate surface area is 252 Å². The number of hydrogen-bond donors (Lipinski definition) is 2. The standard InChI is InChI=1S/C34H52O4S2/c1-21(35)38-16-15-33(11,12)27-20-23(19-26(29(27)37)32(8,9)10)40-34(13,14)39-22-17-24(30(2,3)4)28(36)25(18-22)31(5,6)7/h17-20,36-37H,15-16H2,1-14H3. The first-order valence-corrected chi connectivity index (χ1v) is 15.8. The molecule has 0 unspecified atom stereocenters. The summed E-state index contributed by atoms with van der Waals surface area (Å²) in [4.78, 5) is 13.6. The first-order valence-electron chi connectivity index (χ1n) is 14.1. The third kappa shape index (κ3) is 8.85. The van der Waals surface area contributed by atoms with Crippen molar-refractivity contribution in [2.75, 3.05) is 6.61 Å². The van der Waals surface area contributed by atoms with Crippen LogP contribution in [0.4, 0.5) is 0 Å². The van der Waals surface area contributed by atoms with Gasteiger partial charge in [0.25, 0.3) is 0 Å². The van der Waals surface area contributed by atoms with E-state index in [0.717, 1.165) is 32.0 Å². The van der Waals surface area contributed by atoms with Crippen molar-refractivity contribution in [3.8, 4) is 11.5 Å². The van der Waals surface area contributed by atoms with E-state index in [1.54, 1.807) is 23.5 Å². The fraction of sp³-hybridized carbons (Fsp3) is 0.618. The van der Waals surface area contributed by atoms with Gasteiger partial charge < -0.3 is 14.9 Å². The van der Waals surface area contributed by atoms with Crippen molar-refractivity contribution in [3.63, 3.8) is 0 Å². The quantitative estimate of drug-likeness (QED) is 0.182. The Bertz CT molecular complexity index is 1190. The first-order chi connectivity index (χ1) is 17.8. The molecule has 0 amide bonds. The Kier molecular flexibility index (Phi) is 10.2. The van der Waals surface area contributed by atoms with E-state index >= 15 is 0 Å². The van der Waals surface area contributed by atoms with Gasteiger partial charge in [-0.15, -0.1) is 23.5 Å². The Morgan fingerprint density at radius 3 is 1.30 bits per heavy atom. The number of phenolic OH excluding ortho intramolecular Hbond substituents is 2. The molecular formula is C34H52O4S2. The van der Waals surface area contributed by atoms with Gasteiger partial charge in [0.2, 0.25) is 0 Å². The van der Waals surface area contributed by atoms with Crippen molar-refractivity contribution < 1.29 is 19.7 Å². The molecule has 2 aromatic carbocycles. The number of esters is 1. The number of carbonyl (C=O) groups excluding carboxylic acids is 1. The molecule has 0 aliphatic carbocycles. The minimum atomic E-state index is -0.395. The van der Waals surface area contributed by atoms with Crippen LogP contribution in [0, 0.1) is 0 Å². The van der Waals surface area contributed by atoms with Crippen LogP contribution in [0.25, 0.3) is 0 Å². The lowest BCUT2D eigenvalue weighted by atomic mass is 9.77. The number of thioether (sulfide) groups is 2. The van der Waals surface area contributed by atoms with Gasteiger partial charge in [0.15, 0.2) is 0 Å². The predicted molar refractivity (Wildman–Crippen MR) is 172 cm³/mol. The smallest absolute Gasteiger partial charge is 0.302 e. The monoisotopic (exact) mass is 588 g/mol. The SMILES string of the molecule is CC(=O)OCCC(C)(C)c1cc(SC(C)(C)Sc2cc(C(C)(C)C)c(O)c(C(C)(C)C)c2)cc(C(C)(C)C)c1O. The van der Waals surface area contributed by atoms with E-state index in [9.17, 15) is 15.0 Å². The lowest BCUT2D eigenvalue weighted by molar-refractivity contribution is -0.141. The molecule has 2 aromatic rings. The number of hydrogen-bond acceptors (Lipinski definition) is 6. The normalized spacial score (nSPS) is 13.4. The molecule has 2 rings (SSSR count). The average Bonchev–Trinajstić information content (AvgIpc) is 2.72. The molecule has 40 heavy (non-hydrogen) atoms.